The number of benzene rings is 1. The van der Waals surface area contributed by atoms with Gasteiger partial charge in [0, 0.05) is 6.07 Å². The third-order valence-corrected chi connectivity index (χ3v) is 3.65. The smallest absolute Gasteiger partial charge is 0.326 e. The lowest BCUT2D eigenvalue weighted by molar-refractivity contribution is -0.143. The summed E-state index contributed by atoms with van der Waals surface area (Å²) in [4.78, 5) is 10.3. The van der Waals surface area contributed by atoms with Gasteiger partial charge < -0.3 is 9.84 Å². The molecule has 0 amide bonds. The van der Waals surface area contributed by atoms with Crippen LogP contribution in [0.1, 0.15) is 0 Å². The maximum atomic E-state index is 13.3. The maximum Gasteiger partial charge on any atom is 0.326 e. The van der Waals surface area contributed by atoms with Crippen LogP contribution in [0.3, 0.4) is 0 Å². The second kappa shape index (κ2) is 6.04. The van der Waals surface area contributed by atoms with Crippen LogP contribution >= 0.6 is 0 Å². The van der Waals surface area contributed by atoms with Crippen LogP contribution in [0.15, 0.2) is 23.1 Å². The molecule has 106 valence electrons. The summed E-state index contributed by atoms with van der Waals surface area (Å²) in [5.41, 5.74) is 0. The highest BCUT2D eigenvalue weighted by Gasteiger charge is 2.27. The van der Waals surface area contributed by atoms with Gasteiger partial charge in [-0.3, -0.25) is 4.79 Å². The van der Waals surface area contributed by atoms with Gasteiger partial charge in [0.1, 0.15) is 22.6 Å². The maximum absolute atomic E-state index is 13.3. The van der Waals surface area contributed by atoms with Crippen LogP contribution in [0.4, 0.5) is 8.78 Å². The number of hydrogen-bond donors (Lipinski definition) is 2. The molecule has 0 radical (unpaired) electrons. The van der Waals surface area contributed by atoms with Gasteiger partial charge in [-0.1, -0.05) is 0 Å². The lowest BCUT2D eigenvalue weighted by atomic mass is 10.3. The van der Waals surface area contributed by atoms with Crippen molar-refractivity contribution in [2.45, 2.75) is 10.9 Å². The van der Waals surface area contributed by atoms with E-state index in [4.69, 9.17) is 5.11 Å². The van der Waals surface area contributed by atoms with Gasteiger partial charge >= 0.3 is 5.97 Å². The van der Waals surface area contributed by atoms with E-state index in [1.165, 1.54) is 0 Å². The zero-order valence-corrected chi connectivity index (χ0v) is 10.6. The third kappa shape index (κ3) is 3.69. The Balaban J connectivity index is 3.07. The Hall–Kier alpha value is -1.58. The summed E-state index contributed by atoms with van der Waals surface area (Å²) in [5.74, 6) is -3.29. The predicted molar refractivity (Wildman–Crippen MR) is 59.6 cm³/mol. The molecule has 0 heterocycles. The molecule has 0 fully saturated rings. The second-order valence-corrected chi connectivity index (χ2v) is 5.14. The molecule has 1 unspecified atom stereocenters. The molecule has 0 bridgehead atoms. The predicted octanol–water partition coefficient (Wildman–Crippen LogP) is -0.223. The first-order valence-corrected chi connectivity index (χ1v) is 6.46. The third-order valence-electron chi connectivity index (χ3n) is 2.15. The highest BCUT2D eigenvalue weighted by Crippen LogP contribution is 2.15. The van der Waals surface area contributed by atoms with E-state index in [2.05, 4.69) is 4.74 Å². The topological polar surface area (TPSA) is 92.7 Å². The van der Waals surface area contributed by atoms with Crippen LogP contribution < -0.4 is 4.72 Å². The van der Waals surface area contributed by atoms with Crippen molar-refractivity contribution in [2.75, 3.05) is 13.7 Å². The number of aliphatic hydroxyl groups excluding tert-OH is 1. The number of sulfonamides is 1. The zero-order valence-electron chi connectivity index (χ0n) is 9.76. The van der Waals surface area contributed by atoms with Crippen LogP contribution in [-0.2, 0) is 19.6 Å². The molecule has 1 rings (SSSR count). The van der Waals surface area contributed by atoms with E-state index < -0.39 is 45.2 Å². The highest BCUT2D eigenvalue weighted by atomic mass is 32.2. The SMILES string of the molecule is COC(=O)C(CO)NS(=O)(=O)c1ccc(F)cc1F. The number of rotatable bonds is 5. The van der Waals surface area contributed by atoms with E-state index in [0.29, 0.717) is 12.1 Å². The molecule has 9 heteroatoms. The van der Waals surface area contributed by atoms with Crippen LogP contribution in [0.2, 0.25) is 0 Å². The van der Waals surface area contributed by atoms with E-state index in [1.807, 2.05) is 0 Å². The van der Waals surface area contributed by atoms with Gasteiger partial charge in [-0.25, -0.2) is 17.2 Å². The molecule has 0 aliphatic heterocycles. The van der Waals surface area contributed by atoms with Crippen molar-refractivity contribution in [3.63, 3.8) is 0 Å². The number of methoxy groups -OCH3 is 1. The minimum Gasteiger partial charge on any atom is -0.468 e. The number of aliphatic hydroxyl groups is 1. The molecular weight excluding hydrogens is 284 g/mol. The number of halogens is 2. The Kier molecular flexibility index (Phi) is 4.92. The minimum absolute atomic E-state index is 0.390. The largest absolute Gasteiger partial charge is 0.468 e. The normalized spacial score (nSPS) is 13.1. The van der Waals surface area contributed by atoms with Gasteiger partial charge in [-0.2, -0.15) is 4.72 Å². The molecule has 1 atom stereocenters. The molecule has 19 heavy (non-hydrogen) atoms. The first-order chi connectivity index (χ1) is 8.81. The Bertz CT molecular complexity index is 575. The van der Waals surface area contributed by atoms with Gasteiger partial charge in [0.25, 0.3) is 0 Å². The van der Waals surface area contributed by atoms with Gasteiger partial charge in [-0.05, 0) is 12.1 Å². The fourth-order valence-corrected chi connectivity index (χ4v) is 2.48. The van der Waals surface area contributed by atoms with Crippen molar-refractivity contribution in [3.05, 3.63) is 29.8 Å². The minimum atomic E-state index is -4.43. The summed E-state index contributed by atoms with van der Waals surface area (Å²) in [5, 5.41) is 8.87. The Labute approximate surface area is 108 Å². The summed E-state index contributed by atoms with van der Waals surface area (Å²) >= 11 is 0. The van der Waals surface area contributed by atoms with Crippen molar-refractivity contribution in [3.8, 4) is 0 Å². The zero-order chi connectivity index (χ0) is 14.6. The van der Waals surface area contributed by atoms with Crippen molar-refractivity contribution >= 4 is 16.0 Å². The molecule has 0 saturated heterocycles. The average molecular weight is 295 g/mol. The van der Waals surface area contributed by atoms with E-state index >= 15 is 0 Å². The quantitative estimate of drug-likeness (QED) is 0.732. The van der Waals surface area contributed by atoms with E-state index in [-0.39, 0.29) is 0 Å². The number of esters is 1. The molecule has 0 aromatic heterocycles. The summed E-state index contributed by atoms with van der Waals surface area (Å²) in [6, 6.07) is 0.280. The molecule has 2 N–H and O–H groups in total. The van der Waals surface area contributed by atoms with Crippen LogP contribution in [0, 0.1) is 11.6 Å². The summed E-state index contributed by atoms with van der Waals surface area (Å²) in [7, 11) is -3.43. The number of hydrogen-bond acceptors (Lipinski definition) is 5. The number of nitrogens with one attached hydrogen (secondary N) is 1. The lowest BCUT2D eigenvalue weighted by Gasteiger charge is -2.14. The molecule has 0 aliphatic rings. The number of ether oxygens (including phenoxy) is 1. The molecule has 1 aromatic carbocycles. The molecule has 0 saturated carbocycles. The van der Waals surface area contributed by atoms with E-state index in [9.17, 15) is 22.0 Å². The van der Waals surface area contributed by atoms with E-state index in [1.54, 1.807) is 4.72 Å². The first kappa shape index (κ1) is 15.5. The van der Waals surface area contributed by atoms with Gasteiger partial charge in [0.2, 0.25) is 10.0 Å². The molecule has 1 aromatic rings. The summed E-state index contributed by atoms with van der Waals surface area (Å²) in [6.07, 6.45) is 0. The number of carbonyl (C=O) groups excluding carboxylic acids is 1. The highest BCUT2D eigenvalue weighted by molar-refractivity contribution is 7.89. The Morgan fingerprint density at radius 3 is 2.58 bits per heavy atom. The van der Waals surface area contributed by atoms with E-state index in [0.717, 1.165) is 13.2 Å². The summed E-state index contributed by atoms with van der Waals surface area (Å²) in [6.45, 7) is -0.866. The van der Waals surface area contributed by atoms with Gasteiger partial charge in [0.15, 0.2) is 0 Å². The average Bonchev–Trinajstić information content (AvgIpc) is 2.34. The fourth-order valence-electron chi connectivity index (χ4n) is 1.25. The number of carbonyl (C=O) groups is 1. The van der Waals surface area contributed by atoms with Crippen molar-refractivity contribution in [2.24, 2.45) is 0 Å². The van der Waals surface area contributed by atoms with Gasteiger partial charge in [-0.15, -0.1) is 0 Å². The van der Waals surface area contributed by atoms with Crippen molar-refractivity contribution in [1.29, 1.82) is 0 Å². The Morgan fingerprint density at radius 1 is 1.47 bits per heavy atom. The van der Waals surface area contributed by atoms with Crippen LogP contribution in [0.25, 0.3) is 0 Å². The van der Waals surface area contributed by atoms with Crippen LogP contribution in [-0.4, -0.2) is 39.3 Å². The molecular formula is C10H11F2NO5S. The standard InChI is InChI=1S/C10H11F2NO5S/c1-18-10(15)8(5-14)13-19(16,17)9-3-2-6(11)4-7(9)12/h2-4,8,13-14H,5H2,1H3. The summed E-state index contributed by atoms with van der Waals surface area (Å²) < 4.78 is 55.6. The second-order valence-electron chi connectivity index (χ2n) is 3.45. The van der Waals surface area contributed by atoms with Crippen molar-refractivity contribution < 1.29 is 31.8 Å². The molecule has 6 nitrogen and oxygen atoms in total. The molecule has 0 aliphatic carbocycles. The van der Waals surface area contributed by atoms with Crippen LogP contribution in [0.5, 0.6) is 0 Å². The Morgan fingerprint density at radius 2 is 2.11 bits per heavy atom. The van der Waals surface area contributed by atoms with Gasteiger partial charge in [0.05, 0.1) is 13.7 Å². The lowest BCUT2D eigenvalue weighted by Crippen LogP contribution is -2.44. The fraction of sp³-hybridized carbons (Fsp3) is 0.300. The first-order valence-electron chi connectivity index (χ1n) is 4.98. The molecule has 0 spiro atoms. The monoisotopic (exact) mass is 295 g/mol. The van der Waals surface area contributed by atoms with Crippen molar-refractivity contribution in [1.82, 2.24) is 4.72 Å².